The third-order valence-corrected chi connectivity index (χ3v) is 6.94. The van der Waals surface area contributed by atoms with Crippen LogP contribution in [-0.4, -0.2) is 49.0 Å². The average molecular weight is 374 g/mol. The number of aromatic nitrogens is 2. The number of hydrogen-bond acceptors (Lipinski definition) is 6. The van der Waals surface area contributed by atoms with Gasteiger partial charge in [-0.2, -0.15) is 4.31 Å². The highest BCUT2D eigenvalue weighted by Crippen LogP contribution is 2.40. The van der Waals surface area contributed by atoms with Crippen molar-refractivity contribution in [3.63, 3.8) is 0 Å². The smallest absolute Gasteiger partial charge is 0.243 e. The molecule has 2 aliphatic rings. The molecule has 0 bridgehead atoms. The summed E-state index contributed by atoms with van der Waals surface area (Å²) in [6, 6.07) is 6.94. The molecule has 0 amide bonds. The van der Waals surface area contributed by atoms with E-state index in [0.717, 1.165) is 28.9 Å². The summed E-state index contributed by atoms with van der Waals surface area (Å²) in [7, 11) is -3.45. The van der Waals surface area contributed by atoms with Crippen LogP contribution < -0.4 is 5.73 Å². The van der Waals surface area contributed by atoms with E-state index in [-0.39, 0.29) is 11.4 Å². The van der Waals surface area contributed by atoms with Gasteiger partial charge in [-0.3, -0.25) is 0 Å². The highest BCUT2D eigenvalue weighted by molar-refractivity contribution is 7.89. The van der Waals surface area contributed by atoms with Crippen molar-refractivity contribution in [2.24, 2.45) is 5.41 Å². The fourth-order valence-corrected chi connectivity index (χ4v) is 5.34. The third-order valence-electron chi connectivity index (χ3n) is 5.14. The molecule has 1 spiro atoms. The van der Waals surface area contributed by atoms with Gasteiger partial charge in [-0.1, -0.05) is 19.1 Å². The minimum atomic E-state index is -3.45. The van der Waals surface area contributed by atoms with Crippen molar-refractivity contribution < 1.29 is 13.2 Å². The summed E-state index contributed by atoms with van der Waals surface area (Å²) in [5.74, 6) is 0.258. The predicted molar refractivity (Wildman–Crippen MR) is 98.0 cm³/mol. The minimum absolute atomic E-state index is 0.0570. The Hall–Kier alpha value is -2.03. The maximum absolute atomic E-state index is 12.8. The van der Waals surface area contributed by atoms with E-state index in [0.29, 0.717) is 31.2 Å². The number of nitrogens with zero attached hydrogens (tertiary/aromatic N) is 3. The van der Waals surface area contributed by atoms with E-state index < -0.39 is 10.0 Å². The first-order valence-electron chi connectivity index (χ1n) is 8.66. The molecule has 0 unspecified atom stereocenters. The quantitative estimate of drug-likeness (QED) is 0.873. The zero-order chi connectivity index (χ0) is 18.5. The number of aryl methyl sites for hydroxylation is 2. The number of hydrogen-bond donors (Lipinski definition) is 1. The number of nitrogen functional groups attached to an aromatic ring is 1. The van der Waals surface area contributed by atoms with E-state index >= 15 is 0 Å². The molecule has 2 N–H and O–H groups in total. The lowest BCUT2D eigenvalue weighted by Gasteiger charge is -2.53. The number of sulfonamides is 1. The van der Waals surface area contributed by atoms with Crippen LogP contribution in [0.3, 0.4) is 0 Å². The van der Waals surface area contributed by atoms with Crippen molar-refractivity contribution >= 4 is 16.0 Å². The number of rotatable bonds is 4. The molecule has 0 atom stereocenters. The van der Waals surface area contributed by atoms with Crippen LogP contribution in [0.2, 0.25) is 0 Å². The van der Waals surface area contributed by atoms with Crippen LogP contribution in [0.5, 0.6) is 0 Å². The molecule has 2 aliphatic heterocycles. The van der Waals surface area contributed by atoms with E-state index in [9.17, 15) is 8.42 Å². The molecule has 0 radical (unpaired) electrons. The van der Waals surface area contributed by atoms with Gasteiger partial charge in [-0.15, -0.1) is 0 Å². The van der Waals surface area contributed by atoms with E-state index in [1.165, 1.54) is 4.31 Å². The second-order valence-electron chi connectivity index (χ2n) is 7.13. The summed E-state index contributed by atoms with van der Waals surface area (Å²) in [4.78, 5) is 8.86. The van der Waals surface area contributed by atoms with Crippen molar-refractivity contribution in [2.45, 2.75) is 25.2 Å². The second kappa shape index (κ2) is 6.00. The molecule has 8 heteroatoms. The summed E-state index contributed by atoms with van der Waals surface area (Å²) in [6.07, 6.45) is 0.723. The fraction of sp³-hybridized carbons (Fsp3) is 0.444. The topological polar surface area (TPSA) is 98.4 Å². The molecule has 138 valence electrons. The molecule has 1 aromatic carbocycles. The van der Waals surface area contributed by atoms with Gasteiger partial charge in [0.1, 0.15) is 0 Å². The van der Waals surface area contributed by atoms with E-state index in [1.54, 1.807) is 12.1 Å². The van der Waals surface area contributed by atoms with Gasteiger partial charge in [0, 0.05) is 24.1 Å². The molecule has 7 nitrogen and oxygen atoms in total. The largest absolute Gasteiger partial charge is 0.380 e. The molecular formula is C18H22N4O3S. The van der Waals surface area contributed by atoms with Crippen LogP contribution >= 0.6 is 0 Å². The lowest BCUT2D eigenvalue weighted by atomic mass is 9.80. The molecule has 2 aromatic rings. The maximum Gasteiger partial charge on any atom is 0.243 e. The Labute approximate surface area is 153 Å². The van der Waals surface area contributed by atoms with Crippen LogP contribution in [0.25, 0.3) is 11.1 Å². The summed E-state index contributed by atoms with van der Waals surface area (Å²) in [5.41, 5.74) is 9.26. The first-order chi connectivity index (χ1) is 12.3. The average Bonchev–Trinajstić information content (AvgIpc) is 2.51. The SMILES string of the molecule is CCc1nc(N)nc(C)c1-c1ccc(S(=O)(=O)N2CC3(COC3)C2)cc1. The van der Waals surface area contributed by atoms with Gasteiger partial charge in [-0.25, -0.2) is 18.4 Å². The predicted octanol–water partition coefficient (Wildman–Crippen LogP) is 1.62. The van der Waals surface area contributed by atoms with Crippen molar-refractivity contribution in [1.29, 1.82) is 0 Å². The Morgan fingerprint density at radius 3 is 2.38 bits per heavy atom. The Balaban J connectivity index is 1.62. The first kappa shape index (κ1) is 17.4. The van der Waals surface area contributed by atoms with Gasteiger partial charge in [-0.05, 0) is 31.0 Å². The zero-order valence-corrected chi connectivity index (χ0v) is 15.7. The van der Waals surface area contributed by atoms with Crippen molar-refractivity contribution in [2.75, 3.05) is 32.0 Å². The summed E-state index contributed by atoms with van der Waals surface area (Å²) in [6.45, 7) is 6.30. The molecular weight excluding hydrogens is 352 g/mol. The zero-order valence-electron chi connectivity index (χ0n) is 14.9. The summed E-state index contributed by atoms with van der Waals surface area (Å²) >= 11 is 0. The molecule has 0 saturated carbocycles. The van der Waals surface area contributed by atoms with E-state index in [1.807, 2.05) is 26.0 Å². The summed E-state index contributed by atoms with van der Waals surface area (Å²) in [5, 5.41) is 0. The highest BCUT2D eigenvalue weighted by atomic mass is 32.2. The van der Waals surface area contributed by atoms with E-state index in [4.69, 9.17) is 10.5 Å². The molecule has 2 saturated heterocycles. The molecule has 26 heavy (non-hydrogen) atoms. The van der Waals surface area contributed by atoms with Crippen LogP contribution in [0.4, 0.5) is 5.95 Å². The lowest BCUT2D eigenvalue weighted by Crippen LogP contribution is -2.66. The summed E-state index contributed by atoms with van der Waals surface area (Å²) < 4.78 is 32.3. The normalized spacial score (nSPS) is 19.2. The molecule has 1 aromatic heterocycles. The van der Waals surface area contributed by atoms with Gasteiger partial charge in [0.15, 0.2) is 0 Å². The number of anilines is 1. The third kappa shape index (κ3) is 2.69. The molecule has 4 rings (SSSR count). The Kier molecular flexibility index (Phi) is 4.02. The fourth-order valence-electron chi connectivity index (χ4n) is 3.67. The van der Waals surface area contributed by atoms with Crippen molar-refractivity contribution in [3.8, 4) is 11.1 Å². The lowest BCUT2D eigenvalue weighted by molar-refractivity contribution is -0.166. The molecule has 2 fully saturated rings. The maximum atomic E-state index is 12.8. The second-order valence-corrected chi connectivity index (χ2v) is 9.07. The van der Waals surface area contributed by atoms with E-state index in [2.05, 4.69) is 9.97 Å². The van der Waals surface area contributed by atoms with Gasteiger partial charge in [0.25, 0.3) is 0 Å². The van der Waals surface area contributed by atoms with Gasteiger partial charge >= 0.3 is 0 Å². The van der Waals surface area contributed by atoms with Crippen molar-refractivity contribution in [1.82, 2.24) is 14.3 Å². The number of ether oxygens (including phenoxy) is 1. The van der Waals surface area contributed by atoms with Gasteiger partial charge in [0.2, 0.25) is 16.0 Å². The molecule has 0 aliphatic carbocycles. The Bertz CT molecular complexity index is 945. The monoisotopic (exact) mass is 374 g/mol. The first-order valence-corrected chi connectivity index (χ1v) is 10.1. The van der Waals surface area contributed by atoms with Gasteiger partial charge < -0.3 is 10.5 Å². The number of benzene rings is 1. The van der Waals surface area contributed by atoms with Crippen molar-refractivity contribution in [3.05, 3.63) is 35.7 Å². The van der Waals surface area contributed by atoms with Crippen LogP contribution in [-0.2, 0) is 21.2 Å². The van der Waals surface area contributed by atoms with Crippen LogP contribution in [0.15, 0.2) is 29.2 Å². The highest BCUT2D eigenvalue weighted by Gasteiger charge is 2.53. The van der Waals surface area contributed by atoms with Crippen LogP contribution in [0.1, 0.15) is 18.3 Å². The minimum Gasteiger partial charge on any atom is -0.380 e. The van der Waals surface area contributed by atoms with Crippen LogP contribution in [0, 0.1) is 12.3 Å². The standard InChI is InChI=1S/C18H22N4O3S/c1-3-15-16(12(2)20-17(19)21-15)13-4-6-14(7-5-13)26(23,24)22-8-18(9-22)10-25-11-18/h4-7H,3,8-11H2,1-2H3,(H2,19,20,21). The molecule has 3 heterocycles. The number of nitrogens with two attached hydrogens (primary N) is 1. The Morgan fingerprint density at radius 2 is 1.85 bits per heavy atom. The van der Waals surface area contributed by atoms with Gasteiger partial charge in [0.05, 0.1) is 29.5 Å². The Morgan fingerprint density at radius 1 is 1.19 bits per heavy atom.